The molecule has 1 fully saturated rings. The Hall–Kier alpha value is -2.72. The van der Waals surface area contributed by atoms with Gasteiger partial charge in [0.1, 0.15) is 5.75 Å². The second-order valence-corrected chi connectivity index (χ2v) is 9.57. The van der Waals surface area contributed by atoms with Crippen LogP contribution in [0.25, 0.3) is 5.57 Å². The molecule has 2 aromatic carbocycles. The number of nitrogens with one attached hydrogen (secondary N) is 1. The van der Waals surface area contributed by atoms with Gasteiger partial charge in [-0.15, -0.1) is 0 Å². The monoisotopic (exact) mass is 433 g/mol. The van der Waals surface area contributed by atoms with Gasteiger partial charge in [-0.2, -0.15) is 0 Å². The number of phenols is 1. The predicted octanol–water partition coefficient (Wildman–Crippen LogP) is 5.85. The van der Waals surface area contributed by atoms with E-state index in [1.165, 1.54) is 11.1 Å². The highest BCUT2D eigenvalue weighted by molar-refractivity contribution is 5.64. The van der Waals surface area contributed by atoms with Crippen molar-refractivity contribution in [2.45, 2.75) is 58.0 Å². The summed E-state index contributed by atoms with van der Waals surface area (Å²) in [5.41, 5.74) is 5.63. The molecule has 2 N–H and O–H groups in total. The lowest BCUT2D eigenvalue weighted by Crippen LogP contribution is -2.62. The minimum atomic E-state index is -0.126. The van der Waals surface area contributed by atoms with Gasteiger partial charge in [0.2, 0.25) is 0 Å². The maximum Gasteiger partial charge on any atom is 0.115 e. The maximum absolute atomic E-state index is 10.3. The van der Waals surface area contributed by atoms with Gasteiger partial charge >= 0.3 is 0 Å². The lowest BCUT2D eigenvalue weighted by molar-refractivity contribution is 0.0367. The molecule has 3 atom stereocenters. The molecular weight excluding hydrogens is 394 g/mol. The van der Waals surface area contributed by atoms with Crippen LogP contribution in [-0.4, -0.2) is 47.6 Å². The molecule has 172 valence electrons. The van der Waals surface area contributed by atoms with Crippen molar-refractivity contribution in [1.82, 2.24) is 9.80 Å². The van der Waals surface area contributed by atoms with Crippen molar-refractivity contribution < 1.29 is 5.11 Å². The van der Waals surface area contributed by atoms with E-state index in [1.807, 2.05) is 13.0 Å². The van der Waals surface area contributed by atoms with Crippen molar-refractivity contribution in [1.29, 1.82) is 0 Å². The highest BCUT2D eigenvalue weighted by atomic mass is 16.3. The Balaban J connectivity index is 1.94. The number of anilines is 1. The number of allylic oxidation sites excluding steroid dienone is 1. The Kier molecular flexibility index (Phi) is 7.04. The molecule has 1 aliphatic heterocycles. The molecule has 0 bridgehead atoms. The molecule has 4 heteroatoms. The number of piperidine rings is 1. The summed E-state index contributed by atoms with van der Waals surface area (Å²) in [6, 6.07) is 14.7. The van der Waals surface area contributed by atoms with E-state index in [4.69, 9.17) is 0 Å². The van der Waals surface area contributed by atoms with Gasteiger partial charge in [-0.1, -0.05) is 50.8 Å². The fourth-order valence-electron chi connectivity index (χ4n) is 5.24. The van der Waals surface area contributed by atoms with E-state index in [-0.39, 0.29) is 11.5 Å². The first kappa shape index (κ1) is 23.9. The fourth-order valence-corrected chi connectivity index (χ4v) is 5.24. The summed E-state index contributed by atoms with van der Waals surface area (Å²) in [7, 11) is 4.32. The smallest absolute Gasteiger partial charge is 0.115 e. The predicted molar refractivity (Wildman–Crippen MR) is 137 cm³/mol. The number of benzene rings is 2. The third-order valence-corrected chi connectivity index (χ3v) is 7.39. The third-order valence-electron chi connectivity index (χ3n) is 7.39. The number of hydrogen-bond acceptors (Lipinski definition) is 4. The summed E-state index contributed by atoms with van der Waals surface area (Å²) in [5, 5.41) is 13.8. The molecular formula is C28H39N3O. The lowest BCUT2D eigenvalue weighted by atomic mass is 9.66. The quantitative estimate of drug-likeness (QED) is 0.574. The van der Waals surface area contributed by atoms with Gasteiger partial charge in [0.15, 0.2) is 0 Å². The molecule has 0 amide bonds. The largest absolute Gasteiger partial charge is 0.508 e. The van der Waals surface area contributed by atoms with Gasteiger partial charge in [0, 0.05) is 24.2 Å². The zero-order valence-electron chi connectivity index (χ0n) is 20.6. The van der Waals surface area contributed by atoms with E-state index in [0.29, 0.717) is 11.8 Å². The molecule has 1 saturated heterocycles. The normalized spacial score (nSPS) is 23.6. The first-order valence-corrected chi connectivity index (χ1v) is 11.6. The Morgan fingerprint density at radius 3 is 2.47 bits per heavy atom. The SMILES string of the molecule is C=C(C)c1ccc(NC(=C)N(C)C2C(C)N(C)CC[C@]2(C)c2cc(O)ccc2CC)cc1. The first-order chi connectivity index (χ1) is 15.1. The topological polar surface area (TPSA) is 38.7 Å². The minimum absolute atomic E-state index is 0.126. The van der Waals surface area contributed by atoms with Crippen LogP contribution in [0.5, 0.6) is 5.75 Å². The van der Waals surface area contributed by atoms with Crippen molar-refractivity contribution in [3.63, 3.8) is 0 Å². The highest BCUT2D eigenvalue weighted by Crippen LogP contribution is 2.43. The number of hydrogen-bond donors (Lipinski definition) is 2. The summed E-state index contributed by atoms with van der Waals surface area (Å²) >= 11 is 0. The molecule has 0 aliphatic carbocycles. The van der Waals surface area contributed by atoms with Crippen LogP contribution in [0.3, 0.4) is 0 Å². The average molecular weight is 434 g/mol. The summed E-state index contributed by atoms with van der Waals surface area (Å²) < 4.78 is 0. The number of likely N-dealkylation sites (N-methyl/N-ethyl adjacent to an activating group) is 2. The van der Waals surface area contributed by atoms with Crippen LogP contribution >= 0.6 is 0 Å². The first-order valence-electron chi connectivity index (χ1n) is 11.6. The molecule has 4 nitrogen and oxygen atoms in total. The number of aromatic hydroxyl groups is 1. The standard InChI is InChI=1S/C28H39N3O/c1-9-22-12-15-25(32)18-26(22)28(6)16-17-30(7)20(4)27(28)31(8)21(5)29-24-13-10-23(11-14-24)19(2)3/h10-15,18,20,27,29,32H,2,5,9,16-17H2,1,3-4,6-8H3/t20?,27?,28-/m1/s1. The van der Waals surface area contributed by atoms with E-state index in [2.05, 4.69) is 93.5 Å². The van der Waals surface area contributed by atoms with Gasteiger partial charge in [0.25, 0.3) is 0 Å². The van der Waals surface area contributed by atoms with Crippen LogP contribution in [0.15, 0.2) is 61.4 Å². The minimum Gasteiger partial charge on any atom is -0.508 e. The molecule has 0 radical (unpaired) electrons. The second kappa shape index (κ2) is 9.41. The average Bonchev–Trinajstić information content (AvgIpc) is 2.76. The van der Waals surface area contributed by atoms with Crippen LogP contribution in [0.2, 0.25) is 0 Å². The molecule has 2 aromatic rings. The molecule has 32 heavy (non-hydrogen) atoms. The van der Waals surface area contributed by atoms with E-state index in [1.54, 1.807) is 6.07 Å². The van der Waals surface area contributed by atoms with Gasteiger partial charge in [-0.25, -0.2) is 0 Å². The molecule has 2 unspecified atom stereocenters. The number of phenolic OH excluding ortho intramolecular Hbond substituents is 1. The second-order valence-electron chi connectivity index (χ2n) is 9.57. The molecule has 0 saturated carbocycles. The molecule has 0 spiro atoms. The third kappa shape index (κ3) is 4.56. The van der Waals surface area contributed by atoms with E-state index in [9.17, 15) is 5.11 Å². The summed E-state index contributed by atoms with van der Waals surface area (Å²) in [4.78, 5) is 4.71. The van der Waals surface area contributed by atoms with E-state index >= 15 is 0 Å². The van der Waals surface area contributed by atoms with Crippen LogP contribution in [0.1, 0.15) is 50.8 Å². The Labute approximate surface area is 194 Å². The number of rotatable bonds is 7. The summed E-state index contributed by atoms with van der Waals surface area (Å²) in [6.07, 6.45) is 1.96. The molecule has 3 rings (SSSR count). The summed E-state index contributed by atoms with van der Waals surface area (Å²) in [5.74, 6) is 1.20. The Bertz CT molecular complexity index is 981. The Morgan fingerprint density at radius 2 is 1.88 bits per heavy atom. The fraction of sp³-hybridized carbons (Fsp3) is 0.429. The maximum atomic E-state index is 10.3. The van der Waals surface area contributed by atoms with Crippen molar-refractivity contribution in [2.75, 3.05) is 26.0 Å². The number of nitrogens with zero attached hydrogens (tertiary/aromatic N) is 2. The van der Waals surface area contributed by atoms with E-state index < -0.39 is 0 Å². The van der Waals surface area contributed by atoms with Crippen molar-refractivity contribution in [3.05, 3.63) is 78.1 Å². The lowest BCUT2D eigenvalue weighted by Gasteiger charge is -2.54. The van der Waals surface area contributed by atoms with Gasteiger partial charge in [0.05, 0.1) is 11.9 Å². The van der Waals surface area contributed by atoms with E-state index in [0.717, 1.165) is 42.0 Å². The number of aryl methyl sites for hydroxylation is 1. The van der Waals surface area contributed by atoms with Gasteiger partial charge < -0.3 is 20.2 Å². The zero-order chi connectivity index (χ0) is 23.6. The van der Waals surface area contributed by atoms with Crippen molar-refractivity contribution in [2.24, 2.45) is 0 Å². The van der Waals surface area contributed by atoms with Gasteiger partial charge in [-0.05, 0) is 81.2 Å². The molecule has 1 aliphatic rings. The van der Waals surface area contributed by atoms with Crippen LogP contribution < -0.4 is 5.32 Å². The highest BCUT2D eigenvalue weighted by Gasteiger charge is 2.47. The van der Waals surface area contributed by atoms with Crippen LogP contribution in [-0.2, 0) is 11.8 Å². The molecule has 0 aromatic heterocycles. The zero-order valence-corrected chi connectivity index (χ0v) is 20.6. The van der Waals surface area contributed by atoms with Crippen LogP contribution in [0.4, 0.5) is 5.69 Å². The summed E-state index contributed by atoms with van der Waals surface area (Å²) in [6.45, 7) is 18.3. The number of likely N-dealkylation sites (tertiary alicyclic amines) is 1. The molecule has 1 heterocycles. The van der Waals surface area contributed by atoms with Crippen LogP contribution in [0, 0.1) is 0 Å². The Morgan fingerprint density at radius 1 is 1.22 bits per heavy atom. The van der Waals surface area contributed by atoms with Crippen molar-refractivity contribution in [3.8, 4) is 5.75 Å². The van der Waals surface area contributed by atoms with Crippen molar-refractivity contribution >= 4 is 11.3 Å². The van der Waals surface area contributed by atoms with Gasteiger partial charge in [-0.3, -0.25) is 0 Å².